The molecule has 0 aromatic carbocycles. The van der Waals surface area contributed by atoms with Gasteiger partial charge in [0.2, 0.25) is 0 Å². The van der Waals surface area contributed by atoms with Crippen LogP contribution < -0.4 is 0 Å². The Morgan fingerprint density at radius 1 is 0.460 bits per heavy atom. The van der Waals surface area contributed by atoms with Gasteiger partial charge < -0.3 is 19.7 Å². The third kappa shape index (κ3) is 40.3. The van der Waals surface area contributed by atoms with E-state index in [0.717, 1.165) is 70.6 Å². The van der Waals surface area contributed by atoms with Crippen LogP contribution in [0.5, 0.6) is 0 Å². The van der Waals surface area contributed by atoms with Crippen molar-refractivity contribution in [1.29, 1.82) is 0 Å². The van der Waals surface area contributed by atoms with Crippen LogP contribution in [0.25, 0.3) is 0 Å². The lowest BCUT2D eigenvalue weighted by Gasteiger charge is -2.12. The Morgan fingerprint density at radius 2 is 0.800 bits per heavy atom. The Hall–Kier alpha value is -2.18. The fourth-order valence-corrected chi connectivity index (χ4v) is 5.71. The quantitative estimate of drug-likeness (QED) is 0.0378. The molecule has 0 aliphatic heterocycles. The van der Waals surface area contributed by atoms with Gasteiger partial charge in [0.05, 0.1) is 0 Å². The first-order valence-corrected chi connectivity index (χ1v) is 20.8. The number of aliphatic hydroxyl groups is 2. The van der Waals surface area contributed by atoms with Gasteiger partial charge >= 0.3 is 11.9 Å². The van der Waals surface area contributed by atoms with Crippen LogP contribution in [0, 0.1) is 0 Å². The summed E-state index contributed by atoms with van der Waals surface area (Å²) >= 11 is 0. The van der Waals surface area contributed by atoms with Crippen molar-refractivity contribution in [2.45, 2.75) is 199 Å². The van der Waals surface area contributed by atoms with Crippen molar-refractivity contribution < 1.29 is 29.3 Å². The van der Waals surface area contributed by atoms with Crippen molar-refractivity contribution in [3.05, 3.63) is 48.6 Å². The molecule has 0 amide bonds. The third-order valence-electron chi connectivity index (χ3n) is 8.87. The number of unbranched alkanes of at least 4 members (excludes halogenated alkanes) is 21. The number of rotatable bonds is 38. The smallest absolute Gasteiger partial charge is 0.305 e. The highest BCUT2D eigenvalue weighted by Crippen LogP contribution is 2.15. The summed E-state index contributed by atoms with van der Waals surface area (Å²) < 4.78 is 10.3. The maximum absolute atomic E-state index is 12.0. The Labute approximate surface area is 308 Å². The third-order valence-corrected chi connectivity index (χ3v) is 8.87. The zero-order chi connectivity index (χ0) is 36.4. The van der Waals surface area contributed by atoms with E-state index in [1.165, 1.54) is 96.3 Å². The lowest BCUT2D eigenvalue weighted by atomic mass is 10.0. The van der Waals surface area contributed by atoms with Gasteiger partial charge in [0.1, 0.15) is 19.3 Å². The number of ether oxygens (including phenoxy) is 2. The number of allylic oxidation sites excluding steroid dienone is 8. The maximum atomic E-state index is 12.0. The van der Waals surface area contributed by atoms with E-state index in [1.54, 1.807) is 0 Å². The summed E-state index contributed by atoms with van der Waals surface area (Å²) in [4.78, 5) is 23.9. The number of carbonyl (C=O) groups excluding carboxylic acids is 2. The Kier molecular flexibility index (Phi) is 39.4. The topological polar surface area (TPSA) is 93.1 Å². The van der Waals surface area contributed by atoms with Crippen molar-refractivity contribution in [2.75, 3.05) is 19.8 Å². The Morgan fingerprint density at radius 3 is 1.22 bits per heavy atom. The van der Waals surface area contributed by atoms with Gasteiger partial charge in [0, 0.05) is 19.4 Å². The number of hydrogen-bond acceptors (Lipinski definition) is 6. The van der Waals surface area contributed by atoms with Crippen LogP contribution in [0.2, 0.25) is 0 Å². The molecule has 2 N–H and O–H groups in total. The zero-order valence-corrected chi connectivity index (χ0v) is 32.4. The number of hydrogen-bond donors (Lipinski definition) is 2. The molecule has 0 unspecified atom stereocenters. The molecule has 0 saturated heterocycles. The van der Waals surface area contributed by atoms with Gasteiger partial charge in [-0.2, -0.15) is 0 Å². The van der Waals surface area contributed by atoms with Crippen molar-refractivity contribution >= 4 is 11.9 Å². The van der Waals surface area contributed by atoms with E-state index in [4.69, 9.17) is 14.6 Å². The summed E-state index contributed by atoms with van der Waals surface area (Å²) in [5.74, 6) is -0.638. The second-order valence-electron chi connectivity index (χ2n) is 13.8. The minimum absolute atomic E-state index is 0.138. The summed E-state index contributed by atoms with van der Waals surface area (Å²) in [5, 5.41) is 18.8. The molecule has 0 aliphatic carbocycles. The second-order valence-corrected chi connectivity index (χ2v) is 13.8. The van der Waals surface area contributed by atoms with Crippen molar-refractivity contribution in [2.24, 2.45) is 0 Å². The molecule has 0 heterocycles. The summed E-state index contributed by atoms with van der Waals surface area (Å²) in [7, 11) is 0. The normalized spacial score (nSPS) is 12.6. The predicted molar refractivity (Wildman–Crippen MR) is 211 cm³/mol. The lowest BCUT2D eigenvalue weighted by molar-refractivity contribution is -0.152. The highest BCUT2D eigenvalue weighted by Gasteiger charge is 2.12. The van der Waals surface area contributed by atoms with Crippen LogP contribution >= 0.6 is 0 Å². The van der Waals surface area contributed by atoms with E-state index in [-0.39, 0.29) is 25.2 Å². The van der Waals surface area contributed by atoms with Gasteiger partial charge in [0.25, 0.3) is 0 Å². The van der Waals surface area contributed by atoms with E-state index in [9.17, 15) is 14.7 Å². The molecule has 0 aromatic rings. The number of esters is 2. The van der Waals surface area contributed by atoms with E-state index < -0.39 is 6.10 Å². The first-order valence-electron chi connectivity index (χ1n) is 20.8. The standard InChI is InChI=1S/C44H78O6/c1-2-3-4-5-6-7-8-9-10-11-13-16-19-22-25-28-31-34-37-43(47)49-40-42(46)41-50-44(48)38-35-32-29-26-23-20-17-14-12-15-18-21-24-27-30-33-36-39-45/h12,15,17,20-21,24,26,29,42,45-46H,2-11,13-14,16,18-19,22-23,25,27-28,30-41H2,1H3/b15-12-,20-17-,24-21-,29-26-/t42-/m1/s1. The van der Waals surface area contributed by atoms with Crippen LogP contribution in [-0.2, 0) is 19.1 Å². The zero-order valence-electron chi connectivity index (χ0n) is 32.4. The first kappa shape index (κ1) is 47.8. The molecule has 0 aliphatic rings. The molecule has 0 spiro atoms. The predicted octanol–water partition coefficient (Wildman–Crippen LogP) is 12.0. The lowest BCUT2D eigenvalue weighted by Crippen LogP contribution is -2.25. The van der Waals surface area contributed by atoms with Crippen LogP contribution in [0.1, 0.15) is 193 Å². The van der Waals surface area contributed by atoms with Gasteiger partial charge in [-0.25, -0.2) is 0 Å². The highest BCUT2D eigenvalue weighted by atomic mass is 16.6. The fraction of sp³-hybridized carbons (Fsp3) is 0.773. The summed E-state index contributed by atoms with van der Waals surface area (Å²) in [5.41, 5.74) is 0. The monoisotopic (exact) mass is 703 g/mol. The molecule has 290 valence electrons. The Bertz CT molecular complexity index is 845. The molecule has 50 heavy (non-hydrogen) atoms. The van der Waals surface area contributed by atoms with E-state index in [0.29, 0.717) is 25.9 Å². The molecule has 0 bridgehead atoms. The van der Waals surface area contributed by atoms with Crippen LogP contribution in [0.3, 0.4) is 0 Å². The molecule has 0 radical (unpaired) electrons. The average molecular weight is 703 g/mol. The molecule has 0 fully saturated rings. The second kappa shape index (κ2) is 41.2. The van der Waals surface area contributed by atoms with Gasteiger partial charge in [-0.3, -0.25) is 9.59 Å². The molecule has 6 nitrogen and oxygen atoms in total. The van der Waals surface area contributed by atoms with Crippen molar-refractivity contribution in [1.82, 2.24) is 0 Å². The van der Waals surface area contributed by atoms with E-state index in [1.807, 2.05) is 0 Å². The van der Waals surface area contributed by atoms with Crippen molar-refractivity contribution in [3.8, 4) is 0 Å². The number of aliphatic hydroxyl groups excluding tert-OH is 2. The molecular weight excluding hydrogens is 624 g/mol. The SMILES string of the molecule is CCCCCCCCCCCCCCCCCCCCC(=O)OC[C@@H](O)COC(=O)CCC/C=C\C/C=C\C/C=C\C/C=C\CCCCCO. The van der Waals surface area contributed by atoms with Crippen LogP contribution in [0.4, 0.5) is 0 Å². The van der Waals surface area contributed by atoms with Gasteiger partial charge in [0.15, 0.2) is 0 Å². The van der Waals surface area contributed by atoms with Crippen LogP contribution in [0.15, 0.2) is 48.6 Å². The largest absolute Gasteiger partial charge is 0.463 e. The average Bonchev–Trinajstić information content (AvgIpc) is 3.12. The van der Waals surface area contributed by atoms with E-state index in [2.05, 4.69) is 55.5 Å². The summed E-state index contributed by atoms with van der Waals surface area (Å²) in [6, 6.07) is 0. The van der Waals surface area contributed by atoms with Crippen LogP contribution in [-0.4, -0.2) is 48.1 Å². The highest BCUT2D eigenvalue weighted by molar-refractivity contribution is 5.69. The molecule has 0 saturated carbocycles. The van der Waals surface area contributed by atoms with Gasteiger partial charge in [-0.15, -0.1) is 0 Å². The van der Waals surface area contributed by atoms with Crippen molar-refractivity contribution in [3.63, 3.8) is 0 Å². The first-order chi connectivity index (χ1) is 24.6. The van der Waals surface area contributed by atoms with Gasteiger partial charge in [-0.05, 0) is 57.8 Å². The molecule has 0 aromatic heterocycles. The van der Waals surface area contributed by atoms with Gasteiger partial charge in [-0.1, -0.05) is 171 Å². The molecule has 6 heteroatoms. The molecule has 0 rings (SSSR count). The minimum Gasteiger partial charge on any atom is -0.463 e. The van der Waals surface area contributed by atoms with E-state index >= 15 is 0 Å². The fourth-order valence-electron chi connectivity index (χ4n) is 5.71. The Balaban J connectivity index is 3.50. The molecular formula is C44H78O6. The summed E-state index contributed by atoms with van der Waals surface area (Å²) in [6.07, 6.45) is 49.0. The number of carbonyl (C=O) groups is 2. The summed E-state index contributed by atoms with van der Waals surface area (Å²) in [6.45, 7) is 2.28. The molecule has 1 atom stereocenters. The minimum atomic E-state index is -0.992. The maximum Gasteiger partial charge on any atom is 0.305 e.